The third-order valence-corrected chi connectivity index (χ3v) is 3.38. The molecular weight excluding hydrogens is 266 g/mol. The van der Waals surface area contributed by atoms with Gasteiger partial charge in [-0.2, -0.15) is 0 Å². The quantitative estimate of drug-likeness (QED) is 0.838. The van der Waals surface area contributed by atoms with Crippen LogP contribution in [0.4, 0.5) is 0 Å². The molecule has 2 heterocycles. The summed E-state index contributed by atoms with van der Waals surface area (Å²) in [5.74, 6) is -1.15. The highest BCUT2D eigenvalue weighted by Gasteiger charge is 2.07. The van der Waals surface area contributed by atoms with Crippen LogP contribution in [-0.4, -0.2) is 44.9 Å². The van der Waals surface area contributed by atoms with Crippen LogP contribution in [0, 0.1) is 0 Å². The van der Waals surface area contributed by atoms with Gasteiger partial charge in [0.05, 0.1) is 18.3 Å². The average Bonchev–Trinajstić information content (AvgIpc) is 2.96. The first-order valence-corrected chi connectivity index (χ1v) is 6.51. The molecule has 6 nitrogen and oxygen atoms in total. The molecule has 0 unspecified atom stereocenters. The summed E-state index contributed by atoms with van der Waals surface area (Å²) in [5.41, 5.74) is 0.816. The number of likely N-dealkylation sites (N-methyl/N-ethyl adjacent to an activating group) is 1. The Balaban J connectivity index is 2.00. The van der Waals surface area contributed by atoms with Crippen LogP contribution in [0.2, 0.25) is 0 Å². The molecule has 0 saturated heterocycles. The molecule has 1 N–H and O–H groups in total. The number of aliphatic carboxylic acids is 1. The van der Waals surface area contributed by atoms with Gasteiger partial charge in [0.15, 0.2) is 4.96 Å². The maximum atomic E-state index is 11.7. The number of amides is 1. The van der Waals surface area contributed by atoms with E-state index in [2.05, 4.69) is 4.98 Å². The van der Waals surface area contributed by atoms with Crippen LogP contribution in [0.25, 0.3) is 11.0 Å². The minimum atomic E-state index is -0.917. The van der Waals surface area contributed by atoms with E-state index in [0.29, 0.717) is 0 Å². The molecule has 0 saturated carbocycles. The van der Waals surface area contributed by atoms with E-state index in [4.69, 9.17) is 5.11 Å². The number of nitrogens with zero attached hydrogens (tertiary/aromatic N) is 3. The van der Waals surface area contributed by atoms with Crippen molar-refractivity contribution < 1.29 is 14.7 Å². The summed E-state index contributed by atoms with van der Waals surface area (Å²) in [6.45, 7) is 0.193. The minimum Gasteiger partial charge on any atom is -0.481 e. The molecule has 0 radical (unpaired) electrons. The first-order valence-electron chi connectivity index (χ1n) is 5.63. The second kappa shape index (κ2) is 5.66. The van der Waals surface area contributed by atoms with Crippen molar-refractivity contribution >= 4 is 34.3 Å². The third kappa shape index (κ3) is 3.19. The van der Waals surface area contributed by atoms with Crippen molar-refractivity contribution in [3.05, 3.63) is 29.5 Å². The number of carbonyl (C=O) groups is 2. The molecule has 0 spiro atoms. The normalized spacial score (nSPS) is 11.2. The zero-order valence-electron chi connectivity index (χ0n) is 10.3. The number of hydrogen-bond acceptors (Lipinski definition) is 4. The number of aromatic nitrogens is 2. The highest BCUT2D eigenvalue weighted by atomic mass is 32.1. The van der Waals surface area contributed by atoms with Gasteiger partial charge in [0, 0.05) is 31.2 Å². The number of thiazole rings is 1. The molecule has 2 aromatic rings. The lowest BCUT2D eigenvalue weighted by Gasteiger charge is -2.12. The zero-order chi connectivity index (χ0) is 13.8. The first kappa shape index (κ1) is 13.3. The smallest absolute Gasteiger partial charge is 0.305 e. The number of fused-ring (bicyclic) bond motifs is 1. The predicted octanol–water partition coefficient (Wildman–Crippen LogP) is 1.34. The highest BCUT2D eigenvalue weighted by Crippen LogP contribution is 2.13. The van der Waals surface area contributed by atoms with Gasteiger partial charge >= 0.3 is 5.97 Å². The molecule has 0 aliphatic rings. The lowest BCUT2D eigenvalue weighted by molar-refractivity contribution is -0.137. The average molecular weight is 279 g/mol. The molecule has 2 aromatic heterocycles. The largest absolute Gasteiger partial charge is 0.481 e. The van der Waals surface area contributed by atoms with Gasteiger partial charge in [-0.25, -0.2) is 4.98 Å². The molecule has 0 atom stereocenters. The Bertz CT molecular complexity index is 629. The van der Waals surface area contributed by atoms with E-state index < -0.39 is 5.97 Å². The number of carboxylic acid groups (broad SMARTS) is 1. The van der Waals surface area contributed by atoms with Crippen LogP contribution in [0.3, 0.4) is 0 Å². The fourth-order valence-corrected chi connectivity index (χ4v) is 2.22. The topological polar surface area (TPSA) is 74.9 Å². The Morgan fingerprint density at radius 2 is 2.37 bits per heavy atom. The van der Waals surface area contributed by atoms with Crippen LogP contribution in [0.15, 0.2) is 23.8 Å². The van der Waals surface area contributed by atoms with Gasteiger partial charge in [0.1, 0.15) is 0 Å². The van der Waals surface area contributed by atoms with Crippen molar-refractivity contribution in [1.82, 2.24) is 14.3 Å². The summed E-state index contributed by atoms with van der Waals surface area (Å²) >= 11 is 1.52. The number of rotatable bonds is 5. The molecule has 100 valence electrons. The van der Waals surface area contributed by atoms with Crippen LogP contribution >= 0.6 is 11.3 Å². The van der Waals surface area contributed by atoms with Crippen molar-refractivity contribution in [1.29, 1.82) is 0 Å². The molecule has 2 rings (SSSR count). The highest BCUT2D eigenvalue weighted by molar-refractivity contribution is 7.15. The molecule has 1 amide bonds. The van der Waals surface area contributed by atoms with E-state index in [1.807, 2.05) is 16.0 Å². The Hall–Kier alpha value is -2.15. The second-order valence-corrected chi connectivity index (χ2v) is 4.85. The summed E-state index contributed by atoms with van der Waals surface area (Å²) < 4.78 is 1.88. The minimum absolute atomic E-state index is 0.0580. The monoisotopic (exact) mass is 279 g/mol. The standard InChI is InChI=1S/C12H13N3O3S/c1-14(5-4-11(17)18)10(16)3-2-9-8-13-12-15(9)6-7-19-12/h2-3,6-8H,4-5H2,1H3,(H,17,18)/b3-2+. The lowest BCUT2D eigenvalue weighted by Crippen LogP contribution is -2.27. The van der Waals surface area contributed by atoms with Gasteiger partial charge in [-0.1, -0.05) is 0 Å². The number of imidazole rings is 1. The van der Waals surface area contributed by atoms with Crippen LogP contribution in [0.5, 0.6) is 0 Å². The van der Waals surface area contributed by atoms with E-state index >= 15 is 0 Å². The van der Waals surface area contributed by atoms with Crippen molar-refractivity contribution in [2.45, 2.75) is 6.42 Å². The molecule has 0 aromatic carbocycles. The lowest BCUT2D eigenvalue weighted by atomic mass is 10.3. The molecular formula is C12H13N3O3S. The van der Waals surface area contributed by atoms with E-state index in [1.165, 1.54) is 22.3 Å². The molecule has 0 aliphatic heterocycles. The fraction of sp³-hybridized carbons (Fsp3) is 0.250. The summed E-state index contributed by atoms with van der Waals surface area (Å²) in [7, 11) is 1.58. The molecule has 7 heteroatoms. The van der Waals surface area contributed by atoms with Crippen molar-refractivity contribution in [3.8, 4) is 0 Å². The van der Waals surface area contributed by atoms with Crippen molar-refractivity contribution in [2.75, 3.05) is 13.6 Å². The van der Waals surface area contributed by atoms with Crippen molar-refractivity contribution in [3.63, 3.8) is 0 Å². The number of hydrogen-bond donors (Lipinski definition) is 1. The molecule has 0 aliphatic carbocycles. The van der Waals surface area contributed by atoms with E-state index in [0.717, 1.165) is 10.7 Å². The second-order valence-electron chi connectivity index (χ2n) is 3.98. The SMILES string of the molecule is CN(CCC(=O)O)C(=O)/C=C/c1cnc2sccn12. The maximum Gasteiger partial charge on any atom is 0.305 e. The fourth-order valence-electron chi connectivity index (χ4n) is 1.53. The van der Waals surface area contributed by atoms with Crippen molar-refractivity contribution in [2.24, 2.45) is 0 Å². The van der Waals surface area contributed by atoms with Crippen LogP contribution < -0.4 is 0 Å². The van der Waals surface area contributed by atoms with Gasteiger partial charge in [0.2, 0.25) is 5.91 Å². The maximum absolute atomic E-state index is 11.7. The predicted molar refractivity (Wildman–Crippen MR) is 72.0 cm³/mol. The van der Waals surface area contributed by atoms with Gasteiger partial charge in [0.25, 0.3) is 0 Å². The summed E-state index contributed by atoms with van der Waals surface area (Å²) in [6, 6.07) is 0. The van der Waals surface area contributed by atoms with Crippen LogP contribution in [-0.2, 0) is 9.59 Å². The van der Waals surface area contributed by atoms with E-state index in [-0.39, 0.29) is 18.9 Å². The van der Waals surface area contributed by atoms with Gasteiger partial charge in [-0.05, 0) is 6.08 Å². The van der Waals surface area contributed by atoms with Gasteiger partial charge < -0.3 is 10.0 Å². The Labute approximate surface area is 113 Å². The number of carboxylic acids is 1. The van der Waals surface area contributed by atoms with E-state index in [1.54, 1.807) is 19.3 Å². The Kier molecular flexibility index (Phi) is 3.96. The van der Waals surface area contributed by atoms with Crippen LogP contribution in [0.1, 0.15) is 12.1 Å². The summed E-state index contributed by atoms with van der Waals surface area (Å²) in [5, 5.41) is 10.5. The zero-order valence-corrected chi connectivity index (χ0v) is 11.1. The van der Waals surface area contributed by atoms with Gasteiger partial charge in [-0.15, -0.1) is 11.3 Å². The molecule has 0 bridgehead atoms. The third-order valence-electron chi connectivity index (χ3n) is 2.61. The molecule has 0 fully saturated rings. The Morgan fingerprint density at radius 3 is 3.11 bits per heavy atom. The summed E-state index contributed by atoms with van der Waals surface area (Å²) in [6.07, 6.45) is 6.60. The Morgan fingerprint density at radius 1 is 1.58 bits per heavy atom. The first-order chi connectivity index (χ1) is 9.08. The van der Waals surface area contributed by atoms with Gasteiger partial charge in [-0.3, -0.25) is 14.0 Å². The number of carbonyl (C=O) groups excluding carboxylic acids is 1. The van der Waals surface area contributed by atoms with E-state index in [9.17, 15) is 9.59 Å². The molecule has 19 heavy (non-hydrogen) atoms. The summed E-state index contributed by atoms with van der Waals surface area (Å²) in [4.78, 5) is 28.6.